The van der Waals surface area contributed by atoms with Crippen molar-refractivity contribution in [3.63, 3.8) is 0 Å². The average molecular weight is 544 g/mol. The fourth-order valence-electron chi connectivity index (χ4n) is 3.57. The lowest BCUT2D eigenvalue weighted by atomic mass is 10.1. The first-order valence-electron chi connectivity index (χ1n) is 10.9. The van der Waals surface area contributed by atoms with E-state index < -0.39 is 5.82 Å². The molecule has 0 bridgehead atoms. The summed E-state index contributed by atoms with van der Waals surface area (Å²) in [4.78, 5) is 17.5. The number of benzene rings is 3. The Labute approximate surface area is 221 Å². The molecule has 0 radical (unpaired) electrons. The third kappa shape index (κ3) is 5.98. The van der Waals surface area contributed by atoms with E-state index in [0.717, 1.165) is 16.7 Å². The van der Waals surface area contributed by atoms with Crippen LogP contribution in [0.25, 0.3) is 11.1 Å². The van der Waals surface area contributed by atoms with E-state index >= 15 is 0 Å². The summed E-state index contributed by atoms with van der Waals surface area (Å²) in [5.41, 5.74) is 9.53. The lowest BCUT2D eigenvalue weighted by molar-refractivity contribution is 0.0951. The van der Waals surface area contributed by atoms with E-state index in [9.17, 15) is 13.6 Å². The number of pyridine rings is 1. The topological polar surface area (TPSA) is 68.0 Å². The number of hydrogen-bond donors (Lipinski definition) is 2. The molecule has 184 valence electrons. The van der Waals surface area contributed by atoms with Crippen molar-refractivity contribution in [3.8, 4) is 11.1 Å². The molecule has 1 heterocycles. The second kappa shape index (κ2) is 11.3. The van der Waals surface area contributed by atoms with Gasteiger partial charge in [-0.3, -0.25) is 4.79 Å². The number of rotatable bonds is 7. The van der Waals surface area contributed by atoms with Crippen molar-refractivity contribution in [3.05, 3.63) is 111 Å². The summed E-state index contributed by atoms with van der Waals surface area (Å²) in [6, 6.07) is 17.6. The summed E-state index contributed by atoms with van der Waals surface area (Å²) >= 11 is 13.8. The number of hydrogen-bond acceptors (Lipinski definition) is 4. The first-order valence-corrected chi connectivity index (χ1v) is 12.5. The van der Waals surface area contributed by atoms with E-state index in [0.29, 0.717) is 33.4 Å². The summed E-state index contributed by atoms with van der Waals surface area (Å²) in [6.07, 6.45) is 1.65. The monoisotopic (exact) mass is 543 g/mol. The zero-order valence-electron chi connectivity index (χ0n) is 19.1. The van der Waals surface area contributed by atoms with Gasteiger partial charge < -0.3 is 11.1 Å². The number of carbonyl (C=O) groups is 1. The number of halogens is 4. The number of aromatic nitrogens is 1. The lowest BCUT2D eigenvalue weighted by Crippen LogP contribution is -2.22. The summed E-state index contributed by atoms with van der Waals surface area (Å²) in [7, 11) is 0. The van der Waals surface area contributed by atoms with Crippen molar-refractivity contribution >= 4 is 46.7 Å². The molecule has 0 aliphatic carbocycles. The quantitative estimate of drug-likeness (QED) is 0.185. The summed E-state index contributed by atoms with van der Waals surface area (Å²) in [5, 5.41) is 2.89. The van der Waals surface area contributed by atoms with E-state index in [1.807, 2.05) is 25.1 Å². The van der Waals surface area contributed by atoms with Crippen molar-refractivity contribution in [2.45, 2.75) is 23.6 Å². The van der Waals surface area contributed by atoms with Gasteiger partial charge in [0.25, 0.3) is 5.91 Å². The van der Waals surface area contributed by atoms with Crippen LogP contribution in [0.4, 0.5) is 14.6 Å². The number of amides is 1. The number of anilines is 1. The van der Waals surface area contributed by atoms with Crippen LogP contribution in [0.2, 0.25) is 10.0 Å². The Balaban J connectivity index is 1.48. The van der Waals surface area contributed by atoms with Gasteiger partial charge in [0.1, 0.15) is 17.5 Å². The van der Waals surface area contributed by atoms with Crippen LogP contribution >= 0.6 is 35.0 Å². The lowest BCUT2D eigenvalue weighted by Gasteiger charge is -2.17. The number of nitrogen functional groups attached to an aromatic ring is 1. The third-order valence-corrected chi connectivity index (χ3v) is 7.40. The number of carbonyl (C=O) groups excluding carboxylic acids is 1. The number of nitrogens with one attached hydrogen (secondary N) is 1. The molecule has 0 aliphatic heterocycles. The molecule has 0 saturated heterocycles. The minimum atomic E-state index is -0.537. The van der Waals surface area contributed by atoms with Crippen LogP contribution in [0.1, 0.15) is 33.7 Å². The molecule has 4 aromatic rings. The Morgan fingerprint density at radius 1 is 1.03 bits per heavy atom. The predicted octanol–water partition coefficient (Wildman–Crippen LogP) is 7.70. The molecule has 36 heavy (non-hydrogen) atoms. The van der Waals surface area contributed by atoms with Gasteiger partial charge in [-0.2, -0.15) is 0 Å². The van der Waals surface area contributed by atoms with E-state index in [4.69, 9.17) is 28.9 Å². The van der Waals surface area contributed by atoms with Crippen LogP contribution in [0.3, 0.4) is 0 Å². The van der Waals surface area contributed by atoms with Crippen molar-refractivity contribution in [1.82, 2.24) is 10.3 Å². The largest absolute Gasteiger partial charge is 0.383 e. The Kier molecular flexibility index (Phi) is 8.14. The smallest absolute Gasteiger partial charge is 0.251 e. The zero-order valence-corrected chi connectivity index (χ0v) is 21.4. The van der Waals surface area contributed by atoms with E-state index in [1.165, 1.54) is 36.0 Å². The maximum atomic E-state index is 14.0. The highest BCUT2D eigenvalue weighted by Gasteiger charge is 2.20. The van der Waals surface area contributed by atoms with Gasteiger partial charge in [0, 0.05) is 39.7 Å². The summed E-state index contributed by atoms with van der Waals surface area (Å²) < 4.78 is 27.0. The predicted molar refractivity (Wildman–Crippen MR) is 142 cm³/mol. The number of nitrogens with two attached hydrogens (primary N) is 1. The molecular formula is C27H21Cl2F2N3OS. The second-order valence-corrected chi connectivity index (χ2v) is 10.2. The molecule has 1 atom stereocenters. The van der Waals surface area contributed by atoms with Crippen LogP contribution in [-0.2, 0) is 6.54 Å². The highest BCUT2D eigenvalue weighted by Crippen LogP contribution is 2.44. The molecule has 0 spiro atoms. The second-order valence-electron chi connectivity index (χ2n) is 8.01. The Morgan fingerprint density at radius 3 is 2.42 bits per heavy atom. The fourth-order valence-corrected chi connectivity index (χ4v) is 5.51. The molecule has 1 aromatic heterocycles. The number of nitrogens with zero attached hydrogens (tertiary/aromatic N) is 1. The molecule has 9 heteroatoms. The van der Waals surface area contributed by atoms with Gasteiger partial charge in [-0.05, 0) is 60.5 Å². The Hall–Kier alpha value is -3.13. The fraction of sp³-hybridized carbons (Fsp3) is 0.111. The molecule has 0 saturated carbocycles. The van der Waals surface area contributed by atoms with Gasteiger partial charge in [-0.15, -0.1) is 11.8 Å². The molecule has 1 amide bonds. The standard InChI is InChI=1S/C27H21Cl2F2N3OS/c1-15(24-21(28)10-11-22(31)25(24)29)36-23-12-19(14-33-26(23)32)17-4-6-18(7-5-17)27(35)34-13-16-2-8-20(30)9-3-16/h2-12,14-15H,13H2,1H3,(H2,32,33)(H,34,35). The molecule has 3 aromatic carbocycles. The van der Waals surface area contributed by atoms with Crippen LogP contribution in [0, 0.1) is 11.6 Å². The van der Waals surface area contributed by atoms with Gasteiger partial charge in [0.05, 0.1) is 9.92 Å². The van der Waals surface area contributed by atoms with E-state index in [2.05, 4.69) is 10.3 Å². The Bertz CT molecular complexity index is 1400. The molecular weight excluding hydrogens is 523 g/mol. The molecule has 0 aliphatic rings. The van der Waals surface area contributed by atoms with Gasteiger partial charge in [0.2, 0.25) is 0 Å². The normalized spacial score (nSPS) is 11.8. The van der Waals surface area contributed by atoms with Crippen molar-refractivity contribution in [2.75, 3.05) is 5.73 Å². The van der Waals surface area contributed by atoms with Gasteiger partial charge >= 0.3 is 0 Å². The first kappa shape index (κ1) is 25.9. The highest BCUT2D eigenvalue weighted by atomic mass is 35.5. The van der Waals surface area contributed by atoms with Crippen LogP contribution in [0.15, 0.2) is 77.8 Å². The zero-order chi connectivity index (χ0) is 25.8. The highest BCUT2D eigenvalue weighted by molar-refractivity contribution is 7.99. The van der Waals surface area contributed by atoms with Crippen molar-refractivity contribution in [1.29, 1.82) is 0 Å². The molecule has 0 fully saturated rings. The maximum absolute atomic E-state index is 14.0. The summed E-state index contributed by atoms with van der Waals surface area (Å²) in [5.74, 6) is -0.771. The molecule has 3 N–H and O–H groups in total. The molecule has 4 rings (SSSR count). The van der Waals surface area contributed by atoms with Crippen molar-refractivity contribution < 1.29 is 13.6 Å². The van der Waals surface area contributed by atoms with Crippen LogP contribution in [0.5, 0.6) is 0 Å². The SMILES string of the molecule is CC(Sc1cc(-c2ccc(C(=O)NCc3ccc(F)cc3)cc2)cnc1N)c1c(Cl)ccc(F)c1Cl. The minimum Gasteiger partial charge on any atom is -0.383 e. The first-order chi connectivity index (χ1) is 17.2. The molecule has 1 unspecified atom stereocenters. The third-order valence-electron chi connectivity index (χ3n) is 5.52. The van der Waals surface area contributed by atoms with Crippen LogP contribution < -0.4 is 11.1 Å². The minimum absolute atomic E-state index is 0.0153. The van der Waals surface area contributed by atoms with Gasteiger partial charge in [0.15, 0.2) is 0 Å². The summed E-state index contributed by atoms with van der Waals surface area (Å²) in [6.45, 7) is 2.16. The maximum Gasteiger partial charge on any atom is 0.251 e. The molecule has 4 nitrogen and oxygen atoms in total. The van der Waals surface area contributed by atoms with E-state index in [1.54, 1.807) is 30.5 Å². The average Bonchev–Trinajstić information content (AvgIpc) is 2.87. The number of thioether (sulfide) groups is 1. The Morgan fingerprint density at radius 2 is 1.72 bits per heavy atom. The van der Waals surface area contributed by atoms with Crippen LogP contribution in [-0.4, -0.2) is 10.9 Å². The van der Waals surface area contributed by atoms with E-state index in [-0.39, 0.29) is 22.0 Å². The van der Waals surface area contributed by atoms with Gasteiger partial charge in [-0.1, -0.05) is 47.5 Å². The van der Waals surface area contributed by atoms with Gasteiger partial charge in [-0.25, -0.2) is 13.8 Å². The van der Waals surface area contributed by atoms with Crippen molar-refractivity contribution in [2.24, 2.45) is 0 Å².